The maximum Gasteiger partial charge on any atom is 0.0645 e. The van der Waals surface area contributed by atoms with Crippen molar-refractivity contribution in [2.24, 2.45) is 5.92 Å². The van der Waals surface area contributed by atoms with Gasteiger partial charge in [0, 0.05) is 27.2 Å². The molecule has 2 aliphatic rings. The summed E-state index contributed by atoms with van der Waals surface area (Å²) in [5.74, 6) is 0.619. The molecule has 23 heavy (non-hydrogen) atoms. The Balaban J connectivity index is 1.86. The molecule has 0 radical (unpaired) electrons. The van der Waals surface area contributed by atoms with Gasteiger partial charge >= 0.3 is 0 Å². The number of allylic oxidation sites excluding steroid dienone is 2. The van der Waals surface area contributed by atoms with E-state index in [1.165, 1.54) is 0 Å². The number of hydrogen-bond donors (Lipinski definition) is 1. The highest BCUT2D eigenvalue weighted by molar-refractivity contribution is 6.42. The minimum atomic E-state index is 0.0724. The van der Waals surface area contributed by atoms with E-state index in [1.54, 1.807) is 6.07 Å². The fourth-order valence-corrected chi connectivity index (χ4v) is 4.76. The number of hydrogen-bond acceptors (Lipinski definition) is 1. The molecule has 2 aromatic carbocycles. The van der Waals surface area contributed by atoms with Crippen LogP contribution in [0.5, 0.6) is 0 Å². The summed E-state index contributed by atoms with van der Waals surface area (Å²) in [7, 11) is 0. The van der Waals surface area contributed by atoms with Crippen LogP contribution in [-0.4, -0.2) is 0 Å². The number of anilines is 1. The number of nitrogens with one attached hydrogen (secondary N) is 1. The van der Waals surface area contributed by atoms with Gasteiger partial charge in [0.25, 0.3) is 0 Å². The van der Waals surface area contributed by atoms with Gasteiger partial charge in [-0.15, -0.1) is 0 Å². The second-order valence-corrected chi connectivity index (χ2v) is 7.60. The fraction of sp³-hybridized carbons (Fsp3) is 0.222. The van der Waals surface area contributed by atoms with Crippen LogP contribution in [0.4, 0.5) is 5.69 Å². The molecule has 0 saturated carbocycles. The molecule has 0 amide bonds. The molecule has 1 heterocycles. The van der Waals surface area contributed by atoms with Crippen LogP contribution in [0.15, 0.2) is 42.5 Å². The Hall–Kier alpha value is -0.860. The summed E-state index contributed by atoms with van der Waals surface area (Å²) in [5.41, 5.74) is 3.10. The summed E-state index contributed by atoms with van der Waals surface area (Å²) < 4.78 is 0. The smallest absolute Gasteiger partial charge is 0.0645 e. The van der Waals surface area contributed by atoms with Crippen LogP contribution >= 0.6 is 46.4 Å². The standard InChI is InChI=1S/C18H13Cl4N/c19-9-7-14(21)16-10-3-1-4-11(10)18(23-15(16)8-9)12-5-2-6-13(20)17(12)22/h1-3,5-8,10-11,18,23H,4H2/t10-,11+,18+/m1/s1. The molecule has 0 aromatic heterocycles. The van der Waals surface area contributed by atoms with Crippen LogP contribution in [0, 0.1) is 5.92 Å². The predicted octanol–water partition coefficient (Wildman–Crippen LogP) is 7.13. The van der Waals surface area contributed by atoms with Crippen molar-refractivity contribution in [1.29, 1.82) is 0 Å². The van der Waals surface area contributed by atoms with Crippen molar-refractivity contribution in [2.45, 2.75) is 18.4 Å². The molecule has 1 aliphatic carbocycles. The van der Waals surface area contributed by atoms with Crippen LogP contribution < -0.4 is 5.32 Å². The fourth-order valence-electron chi connectivity index (χ4n) is 3.71. The molecule has 0 saturated heterocycles. The minimum absolute atomic E-state index is 0.0724. The summed E-state index contributed by atoms with van der Waals surface area (Å²) in [6.45, 7) is 0. The second-order valence-electron chi connectivity index (χ2n) is 5.97. The van der Waals surface area contributed by atoms with Crippen molar-refractivity contribution in [3.63, 3.8) is 0 Å². The maximum absolute atomic E-state index is 6.46. The molecule has 1 aliphatic heterocycles. The minimum Gasteiger partial charge on any atom is -0.378 e. The molecule has 1 N–H and O–H groups in total. The Morgan fingerprint density at radius 2 is 1.83 bits per heavy atom. The van der Waals surface area contributed by atoms with E-state index in [4.69, 9.17) is 46.4 Å². The van der Waals surface area contributed by atoms with Crippen LogP contribution in [0.2, 0.25) is 20.1 Å². The van der Waals surface area contributed by atoms with E-state index >= 15 is 0 Å². The lowest BCUT2D eigenvalue weighted by molar-refractivity contribution is 0.426. The lowest BCUT2D eigenvalue weighted by Crippen LogP contribution is -2.29. The van der Waals surface area contributed by atoms with E-state index in [0.717, 1.165) is 23.2 Å². The first-order valence-corrected chi connectivity index (χ1v) is 8.93. The van der Waals surface area contributed by atoms with Crippen molar-refractivity contribution in [1.82, 2.24) is 0 Å². The van der Waals surface area contributed by atoms with Gasteiger partial charge in [0.15, 0.2) is 0 Å². The van der Waals surface area contributed by atoms with Crippen LogP contribution in [-0.2, 0) is 0 Å². The highest BCUT2D eigenvalue weighted by atomic mass is 35.5. The van der Waals surface area contributed by atoms with Gasteiger partial charge < -0.3 is 5.32 Å². The van der Waals surface area contributed by atoms with E-state index in [9.17, 15) is 0 Å². The zero-order chi connectivity index (χ0) is 16.1. The molecule has 0 bridgehead atoms. The van der Waals surface area contributed by atoms with Gasteiger partial charge in [-0.25, -0.2) is 0 Å². The summed E-state index contributed by atoms with van der Waals surface area (Å²) in [4.78, 5) is 0. The molecule has 3 atom stereocenters. The Morgan fingerprint density at radius 3 is 2.65 bits per heavy atom. The lowest BCUT2D eigenvalue weighted by atomic mass is 9.77. The van der Waals surface area contributed by atoms with E-state index in [1.807, 2.05) is 24.3 Å². The quantitative estimate of drug-likeness (QED) is 0.515. The molecular formula is C18H13Cl4N. The lowest BCUT2D eigenvalue weighted by Gasteiger charge is -2.38. The number of halogens is 4. The summed E-state index contributed by atoms with van der Waals surface area (Å²) in [6.07, 6.45) is 5.42. The van der Waals surface area contributed by atoms with Crippen molar-refractivity contribution in [2.75, 3.05) is 5.32 Å². The highest BCUT2D eigenvalue weighted by Gasteiger charge is 2.40. The zero-order valence-corrected chi connectivity index (χ0v) is 15.0. The van der Waals surface area contributed by atoms with Gasteiger partial charge in [0.1, 0.15) is 0 Å². The normalized spacial score (nSPS) is 25.0. The average molecular weight is 385 g/mol. The topological polar surface area (TPSA) is 12.0 Å². The third kappa shape index (κ3) is 2.55. The average Bonchev–Trinajstić information content (AvgIpc) is 2.98. The molecule has 2 aromatic rings. The van der Waals surface area contributed by atoms with Gasteiger partial charge in [-0.05, 0) is 36.1 Å². The third-order valence-corrected chi connectivity index (χ3v) is 6.06. The van der Waals surface area contributed by atoms with E-state index in [0.29, 0.717) is 26.0 Å². The Labute approximate surface area is 155 Å². The first kappa shape index (κ1) is 15.7. The first-order valence-electron chi connectivity index (χ1n) is 7.42. The molecule has 4 rings (SSSR count). The van der Waals surface area contributed by atoms with Crippen LogP contribution in [0.3, 0.4) is 0 Å². The number of fused-ring (bicyclic) bond motifs is 3. The number of benzene rings is 2. The SMILES string of the molecule is Clc1cc(Cl)c2c(c1)N[C@H](c1cccc(Cl)c1Cl)[C@H]1CC=C[C@@H]21. The van der Waals surface area contributed by atoms with Crippen LogP contribution in [0.1, 0.15) is 29.5 Å². The Morgan fingerprint density at radius 1 is 1.00 bits per heavy atom. The largest absolute Gasteiger partial charge is 0.378 e. The highest BCUT2D eigenvalue weighted by Crippen LogP contribution is 2.53. The van der Waals surface area contributed by atoms with Crippen molar-refractivity contribution < 1.29 is 0 Å². The zero-order valence-electron chi connectivity index (χ0n) is 12.0. The van der Waals surface area contributed by atoms with Gasteiger partial charge in [0.2, 0.25) is 0 Å². The summed E-state index contributed by atoms with van der Waals surface area (Å²) in [5, 5.41) is 6.09. The predicted molar refractivity (Wildman–Crippen MR) is 99.3 cm³/mol. The number of rotatable bonds is 1. The van der Waals surface area contributed by atoms with Crippen LogP contribution in [0.25, 0.3) is 0 Å². The molecule has 5 heteroatoms. The van der Waals surface area contributed by atoms with E-state index < -0.39 is 0 Å². The molecule has 0 unspecified atom stereocenters. The Bertz CT molecular complexity index is 815. The van der Waals surface area contributed by atoms with Crippen molar-refractivity contribution in [3.8, 4) is 0 Å². The van der Waals surface area contributed by atoms with Crippen molar-refractivity contribution >= 4 is 52.1 Å². The van der Waals surface area contributed by atoms with E-state index in [-0.39, 0.29) is 12.0 Å². The van der Waals surface area contributed by atoms with Gasteiger partial charge in [-0.2, -0.15) is 0 Å². The van der Waals surface area contributed by atoms with E-state index in [2.05, 4.69) is 17.5 Å². The summed E-state index contributed by atoms with van der Waals surface area (Å²) >= 11 is 25.3. The van der Waals surface area contributed by atoms with Gasteiger partial charge in [-0.3, -0.25) is 0 Å². The molecule has 0 spiro atoms. The Kier molecular flexibility index (Phi) is 4.01. The van der Waals surface area contributed by atoms with Crippen molar-refractivity contribution in [3.05, 3.63) is 73.7 Å². The maximum atomic E-state index is 6.46. The molecule has 1 nitrogen and oxygen atoms in total. The monoisotopic (exact) mass is 383 g/mol. The summed E-state index contributed by atoms with van der Waals surface area (Å²) in [6, 6.07) is 9.57. The second kappa shape index (κ2) is 5.89. The first-order chi connectivity index (χ1) is 11.1. The molecule has 0 fully saturated rings. The molecular weight excluding hydrogens is 372 g/mol. The van der Waals surface area contributed by atoms with Gasteiger partial charge in [0.05, 0.1) is 16.1 Å². The third-order valence-electron chi connectivity index (χ3n) is 4.70. The molecule has 118 valence electrons. The van der Waals surface area contributed by atoms with Gasteiger partial charge in [-0.1, -0.05) is 70.7 Å².